The first-order valence-electron chi connectivity index (χ1n) is 7.81. The van der Waals surface area contributed by atoms with Crippen molar-refractivity contribution in [1.82, 2.24) is 9.97 Å². The number of carbonyl (C=O) groups excluding carboxylic acids is 3. The largest absolute Gasteiger partial charge is 0.325 e. The third-order valence-corrected chi connectivity index (χ3v) is 4.28. The van der Waals surface area contributed by atoms with Gasteiger partial charge in [-0.2, -0.15) is 0 Å². The van der Waals surface area contributed by atoms with Gasteiger partial charge in [-0.05, 0) is 24.6 Å². The van der Waals surface area contributed by atoms with Crippen molar-refractivity contribution in [1.29, 1.82) is 0 Å². The number of dihydropyridines is 1. The van der Waals surface area contributed by atoms with Crippen molar-refractivity contribution in [3.05, 3.63) is 47.8 Å². The van der Waals surface area contributed by atoms with Crippen LogP contribution in [0.4, 0.5) is 10.8 Å². The Labute approximate surface area is 153 Å². The number of hydrogen-bond donors (Lipinski definition) is 2. The maximum Gasteiger partial charge on any atom is 0.262 e. The molecule has 0 aliphatic carbocycles. The molecule has 132 valence electrons. The maximum absolute atomic E-state index is 12.1. The third kappa shape index (κ3) is 4.67. The minimum atomic E-state index is -0.933. The maximum atomic E-state index is 12.1. The van der Waals surface area contributed by atoms with E-state index in [1.54, 1.807) is 36.0 Å². The molecule has 2 aromatic rings. The molecule has 3 rings (SSSR count). The minimum Gasteiger partial charge on any atom is -0.325 e. The lowest BCUT2D eigenvalue weighted by Crippen LogP contribution is -2.28. The van der Waals surface area contributed by atoms with Gasteiger partial charge in [0.15, 0.2) is 5.13 Å². The monoisotopic (exact) mass is 369 g/mol. The lowest BCUT2D eigenvalue weighted by Gasteiger charge is -2.09. The van der Waals surface area contributed by atoms with Crippen LogP contribution in [0.3, 0.4) is 0 Å². The number of nitrogens with one attached hydrogen (secondary N) is 2. The SMILES string of the molecule is O=C(CCc1csc(NC(=O)C2C=CC=NC2=O)n1)Nc1cccnc1. The Morgan fingerprint density at radius 1 is 1.27 bits per heavy atom. The summed E-state index contributed by atoms with van der Waals surface area (Å²) < 4.78 is 0. The first kappa shape index (κ1) is 17.6. The summed E-state index contributed by atoms with van der Waals surface area (Å²) in [6.45, 7) is 0. The number of rotatable bonds is 6. The molecule has 3 amide bonds. The van der Waals surface area contributed by atoms with Crippen LogP contribution in [0.1, 0.15) is 12.1 Å². The van der Waals surface area contributed by atoms with Gasteiger partial charge in [0.25, 0.3) is 5.91 Å². The Morgan fingerprint density at radius 3 is 2.92 bits per heavy atom. The van der Waals surface area contributed by atoms with Crippen LogP contribution in [0.25, 0.3) is 0 Å². The molecule has 0 radical (unpaired) electrons. The van der Waals surface area contributed by atoms with Gasteiger partial charge in [-0.3, -0.25) is 19.4 Å². The summed E-state index contributed by atoms with van der Waals surface area (Å²) in [4.78, 5) is 47.4. The summed E-state index contributed by atoms with van der Waals surface area (Å²) in [7, 11) is 0. The highest BCUT2D eigenvalue weighted by Gasteiger charge is 2.25. The zero-order chi connectivity index (χ0) is 18.4. The van der Waals surface area contributed by atoms with Crippen LogP contribution >= 0.6 is 11.3 Å². The predicted octanol–water partition coefficient (Wildman–Crippen LogP) is 1.83. The summed E-state index contributed by atoms with van der Waals surface area (Å²) in [6, 6.07) is 3.50. The van der Waals surface area contributed by atoms with Crippen LogP contribution in [0.5, 0.6) is 0 Å². The number of thiazole rings is 1. The van der Waals surface area contributed by atoms with E-state index >= 15 is 0 Å². The second-order valence-electron chi connectivity index (χ2n) is 5.40. The summed E-state index contributed by atoms with van der Waals surface area (Å²) >= 11 is 1.24. The number of aromatic nitrogens is 2. The minimum absolute atomic E-state index is 0.146. The molecule has 26 heavy (non-hydrogen) atoms. The zero-order valence-electron chi connectivity index (χ0n) is 13.6. The Hall–Kier alpha value is -3.20. The highest BCUT2D eigenvalue weighted by Crippen LogP contribution is 2.19. The van der Waals surface area contributed by atoms with Gasteiger partial charge >= 0.3 is 0 Å². The summed E-state index contributed by atoms with van der Waals surface area (Å²) in [5, 5.41) is 7.50. The highest BCUT2D eigenvalue weighted by molar-refractivity contribution is 7.13. The normalized spacial score (nSPS) is 15.7. The van der Waals surface area contributed by atoms with Crippen molar-refractivity contribution in [2.75, 3.05) is 10.6 Å². The summed E-state index contributed by atoms with van der Waals surface area (Å²) in [5.41, 5.74) is 1.33. The van der Waals surface area contributed by atoms with Crippen LogP contribution in [0.2, 0.25) is 0 Å². The number of allylic oxidation sites excluding steroid dienone is 1. The van der Waals surface area contributed by atoms with Crippen LogP contribution < -0.4 is 10.6 Å². The van der Waals surface area contributed by atoms with Gasteiger partial charge in [-0.1, -0.05) is 6.08 Å². The van der Waals surface area contributed by atoms with Crippen molar-refractivity contribution >= 4 is 46.1 Å². The average molecular weight is 369 g/mol. The first-order chi connectivity index (χ1) is 12.6. The number of amides is 3. The molecular formula is C17H15N5O3S. The second kappa shape index (κ2) is 8.26. The number of pyridine rings is 1. The van der Waals surface area contributed by atoms with Crippen LogP contribution in [-0.2, 0) is 20.8 Å². The van der Waals surface area contributed by atoms with E-state index < -0.39 is 17.7 Å². The van der Waals surface area contributed by atoms with Crippen molar-refractivity contribution < 1.29 is 14.4 Å². The van der Waals surface area contributed by atoms with Gasteiger partial charge in [0.05, 0.1) is 17.6 Å². The van der Waals surface area contributed by atoms with Gasteiger partial charge in [0.1, 0.15) is 5.92 Å². The molecule has 0 bridgehead atoms. The molecule has 1 unspecified atom stereocenters. The van der Waals surface area contributed by atoms with Gasteiger partial charge in [-0.25, -0.2) is 9.98 Å². The number of aryl methyl sites for hydroxylation is 1. The number of anilines is 2. The molecule has 1 aliphatic rings. The average Bonchev–Trinajstić information content (AvgIpc) is 3.08. The standard InChI is InChI=1S/C17H15N5O3S/c23-14(20-11-3-1-7-18-9-11)6-5-12-10-26-17(21-12)22-16(25)13-4-2-8-19-15(13)24/h1-4,7-10,13H,5-6H2,(H,20,23)(H,21,22,25). The molecule has 1 aliphatic heterocycles. The van der Waals surface area contributed by atoms with Crippen molar-refractivity contribution in [2.24, 2.45) is 10.9 Å². The van der Waals surface area contributed by atoms with Gasteiger partial charge in [-0.15, -0.1) is 11.3 Å². The fourth-order valence-electron chi connectivity index (χ4n) is 2.20. The zero-order valence-corrected chi connectivity index (χ0v) is 14.4. The molecule has 0 spiro atoms. The van der Waals surface area contributed by atoms with E-state index in [-0.39, 0.29) is 12.3 Å². The quantitative estimate of drug-likeness (QED) is 0.754. The molecule has 0 fully saturated rings. The molecule has 2 N–H and O–H groups in total. The topological polar surface area (TPSA) is 113 Å². The van der Waals surface area contributed by atoms with Crippen molar-refractivity contribution in [2.45, 2.75) is 12.8 Å². The lowest BCUT2D eigenvalue weighted by molar-refractivity contribution is -0.128. The predicted molar refractivity (Wildman–Crippen MR) is 98.1 cm³/mol. The van der Waals surface area contributed by atoms with E-state index in [0.29, 0.717) is 22.9 Å². The molecule has 8 nitrogen and oxygen atoms in total. The van der Waals surface area contributed by atoms with E-state index in [4.69, 9.17) is 0 Å². The molecular weight excluding hydrogens is 354 g/mol. The molecule has 0 aromatic carbocycles. The second-order valence-corrected chi connectivity index (χ2v) is 6.26. The van der Waals surface area contributed by atoms with E-state index in [9.17, 15) is 14.4 Å². The van der Waals surface area contributed by atoms with Crippen molar-refractivity contribution in [3.63, 3.8) is 0 Å². The Bertz CT molecular complexity index is 876. The van der Waals surface area contributed by atoms with E-state index in [1.807, 2.05) is 0 Å². The van der Waals surface area contributed by atoms with Crippen molar-refractivity contribution in [3.8, 4) is 0 Å². The Balaban J connectivity index is 1.49. The molecule has 0 saturated heterocycles. The number of carbonyl (C=O) groups is 3. The summed E-state index contributed by atoms with van der Waals surface area (Å²) in [5.74, 6) is -2.06. The molecule has 9 heteroatoms. The highest BCUT2D eigenvalue weighted by atomic mass is 32.1. The van der Waals surface area contributed by atoms with E-state index in [0.717, 1.165) is 0 Å². The van der Waals surface area contributed by atoms with E-state index in [2.05, 4.69) is 25.6 Å². The van der Waals surface area contributed by atoms with E-state index in [1.165, 1.54) is 23.6 Å². The molecule has 0 saturated carbocycles. The Morgan fingerprint density at radius 2 is 2.15 bits per heavy atom. The first-order valence-corrected chi connectivity index (χ1v) is 8.69. The number of aliphatic imine (C=N–C) groups is 1. The van der Waals surface area contributed by atoms with Gasteiger partial charge < -0.3 is 10.6 Å². The fourth-order valence-corrected chi connectivity index (χ4v) is 2.95. The lowest BCUT2D eigenvalue weighted by atomic mass is 10.1. The summed E-state index contributed by atoms with van der Waals surface area (Å²) in [6.07, 6.45) is 8.28. The number of nitrogens with zero attached hydrogens (tertiary/aromatic N) is 3. The molecule has 2 aromatic heterocycles. The molecule has 3 heterocycles. The van der Waals surface area contributed by atoms with Crippen LogP contribution in [0, 0.1) is 5.92 Å². The van der Waals surface area contributed by atoms with Crippen LogP contribution in [0.15, 0.2) is 47.1 Å². The molecule has 1 atom stereocenters. The number of hydrogen-bond acceptors (Lipinski definition) is 6. The van der Waals surface area contributed by atoms with Gasteiger partial charge in [0, 0.05) is 24.2 Å². The third-order valence-electron chi connectivity index (χ3n) is 3.48. The van der Waals surface area contributed by atoms with Gasteiger partial charge in [0.2, 0.25) is 11.8 Å². The smallest absolute Gasteiger partial charge is 0.262 e. The Kier molecular flexibility index (Phi) is 5.59. The fraction of sp³-hybridized carbons (Fsp3) is 0.176. The van der Waals surface area contributed by atoms with Crippen LogP contribution in [-0.4, -0.2) is 33.9 Å².